The van der Waals surface area contributed by atoms with Gasteiger partial charge in [0.25, 0.3) is 0 Å². The lowest BCUT2D eigenvalue weighted by molar-refractivity contribution is 0.522. The van der Waals surface area contributed by atoms with Crippen molar-refractivity contribution in [2.45, 2.75) is 31.7 Å². The Hall–Kier alpha value is -1.91. The Labute approximate surface area is 99.7 Å². The molecule has 1 aliphatic carbocycles. The Balaban J connectivity index is 2.00. The van der Waals surface area contributed by atoms with E-state index in [-0.39, 0.29) is 0 Å². The molecule has 1 saturated carbocycles. The number of aromatic nitrogens is 4. The maximum atomic E-state index is 5.75. The lowest BCUT2D eigenvalue weighted by atomic mass is 10.2. The van der Waals surface area contributed by atoms with Gasteiger partial charge in [0.05, 0.1) is 5.69 Å². The van der Waals surface area contributed by atoms with Gasteiger partial charge in [0.2, 0.25) is 0 Å². The fraction of sp³-hybridized carbons (Fsp3) is 0.417. The van der Waals surface area contributed by atoms with Crippen molar-refractivity contribution in [2.24, 2.45) is 0 Å². The Bertz CT molecular complexity index is 513. The van der Waals surface area contributed by atoms with Crippen LogP contribution >= 0.6 is 0 Å². The molecule has 1 aliphatic rings. The smallest absolute Gasteiger partial charge is 0.165 e. The van der Waals surface area contributed by atoms with E-state index in [9.17, 15) is 0 Å². The summed E-state index contributed by atoms with van der Waals surface area (Å²) in [6, 6.07) is 2.42. The second-order valence-corrected chi connectivity index (χ2v) is 4.51. The normalized spacial score (nSPS) is 16.5. The summed E-state index contributed by atoms with van der Waals surface area (Å²) < 4.78 is 2.16. The Morgan fingerprint density at radius 1 is 1.24 bits per heavy atom. The number of pyridine rings is 1. The average Bonchev–Trinajstić information content (AvgIpc) is 3.00. The molecule has 1 fully saturated rings. The summed E-state index contributed by atoms with van der Waals surface area (Å²) in [5.41, 5.74) is 7.34. The molecule has 5 heteroatoms. The predicted octanol–water partition coefficient (Wildman–Crippen LogP) is 2.04. The minimum Gasteiger partial charge on any atom is -0.397 e. The first kappa shape index (κ1) is 10.3. The van der Waals surface area contributed by atoms with Crippen LogP contribution in [-0.4, -0.2) is 19.7 Å². The quantitative estimate of drug-likeness (QED) is 0.855. The van der Waals surface area contributed by atoms with Crippen molar-refractivity contribution in [1.29, 1.82) is 0 Å². The Morgan fingerprint density at radius 2 is 2.06 bits per heavy atom. The molecule has 0 bridgehead atoms. The summed E-state index contributed by atoms with van der Waals surface area (Å²) in [7, 11) is 0. The number of rotatable bonds is 2. The van der Waals surface area contributed by atoms with Crippen LogP contribution < -0.4 is 5.73 Å². The van der Waals surface area contributed by atoms with E-state index in [2.05, 4.69) is 19.7 Å². The van der Waals surface area contributed by atoms with Gasteiger partial charge in [0, 0.05) is 24.0 Å². The van der Waals surface area contributed by atoms with Crippen molar-refractivity contribution in [2.75, 3.05) is 5.73 Å². The van der Waals surface area contributed by atoms with Gasteiger partial charge in [0.1, 0.15) is 6.33 Å². The molecular formula is C12H15N5. The van der Waals surface area contributed by atoms with Crippen LogP contribution in [0.15, 0.2) is 24.8 Å². The third kappa shape index (κ3) is 1.88. The third-order valence-electron chi connectivity index (χ3n) is 3.31. The van der Waals surface area contributed by atoms with Gasteiger partial charge >= 0.3 is 0 Å². The number of hydrogen-bond acceptors (Lipinski definition) is 4. The van der Waals surface area contributed by atoms with Crippen LogP contribution in [0.3, 0.4) is 0 Å². The number of nitrogens with zero attached hydrogens (tertiary/aromatic N) is 4. The number of nitrogen functional groups attached to an aromatic ring is 1. The van der Waals surface area contributed by atoms with E-state index in [0.29, 0.717) is 11.7 Å². The molecule has 0 radical (unpaired) electrons. The zero-order valence-electron chi connectivity index (χ0n) is 9.58. The molecule has 0 aromatic carbocycles. The van der Waals surface area contributed by atoms with Gasteiger partial charge in [-0.1, -0.05) is 12.8 Å². The molecule has 0 spiro atoms. The molecule has 2 aromatic heterocycles. The summed E-state index contributed by atoms with van der Waals surface area (Å²) >= 11 is 0. The van der Waals surface area contributed by atoms with Crippen LogP contribution in [0.5, 0.6) is 0 Å². The standard InChI is InChI=1S/C12H15N5/c13-10-5-9(6-14-7-10)12-16-15-8-17(12)11-3-1-2-4-11/h5-8,11H,1-4,13H2. The van der Waals surface area contributed by atoms with Gasteiger partial charge < -0.3 is 10.3 Å². The number of nitrogens with two attached hydrogens (primary N) is 1. The Kier molecular flexibility index (Phi) is 2.51. The van der Waals surface area contributed by atoms with Crippen molar-refractivity contribution < 1.29 is 0 Å². The first-order valence-electron chi connectivity index (χ1n) is 5.95. The SMILES string of the molecule is Nc1cncc(-c2nncn2C2CCCC2)c1. The van der Waals surface area contributed by atoms with Crippen LogP contribution in [0, 0.1) is 0 Å². The fourth-order valence-corrected chi connectivity index (χ4v) is 2.48. The van der Waals surface area contributed by atoms with Crippen molar-refractivity contribution in [3.63, 3.8) is 0 Å². The van der Waals surface area contributed by atoms with Crippen LogP contribution in [0.1, 0.15) is 31.7 Å². The van der Waals surface area contributed by atoms with E-state index in [1.807, 2.05) is 12.4 Å². The van der Waals surface area contributed by atoms with Crippen LogP contribution in [0.25, 0.3) is 11.4 Å². The molecule has 0 aliphatic heterocycles. The molecule has 5 nitrogen and oxygen atoms in total. The molecule has 0 saturated heterocycles. The van der Waals surface area contributed by atoms with E-state index < -0.39 is 0 Å². The molecule has 0 unspecified atom stereocenters. The maximum absolute atomic E-state index is 5.75. The highest BCUT2D eigenvalue weighted by atomic mass is 15.3. The van der Waals surface area contributed by atoms with Crippen molar-refractivity contribution in [3.05, 3.63) is 24.8 Å². The highest BCUT2D eigenvalue weighted by molar-refractivity contribution is 5.59. The lowest BCUT2D eigenvalue weighted by Crippen LogP contribution is -2.05. The highest BCUT2D eigenvalue weighted by Crippen LogP contribution is 2.32. The molecule has 3 rings (SSSR count). The molecule has 88 valence electrons. The monoisotopic (exact) mass is 229 g/mol. The van der Waals surface area contributed by atoms with Crippen molar-refractivity contribution in [3.8, 4) is 11.4 Å². The van der Waals surface area contributed by atoms with E-state index in [4.69, 9.17) is 5.73 Å². The van der Waals surface area contributed by atoms with Crippen LogP contribution in [0.4, 0.5) is 5.69 Å². The van der Waals surface area contributed by atoms with Gasteiger partial charge in [-0.15, -0.1) is 10.2 Å². The summed E-state index contributed by atoms with van der Waals surface area (Å²) in [6.45, 7) is 0. The van der Waals surface area contributed by atoms with Crippen LogP contribution in [0.2, 0.25) is 0 Å². The molecule has 2 aromatic rings. The minimum absolute atomic E-state index is 0.529. The van der Waals surface area contributed by atoms with E-state index >= 15 is 0 Å². The largest absolute Gasteiger partial charge is 0.397 e. The van der Waals surface area contributed by atoms with Gasteiger partial charge in [-0.05, 0) is 18.9 Å². The van der Waals surface area contributed by atoms with E-state index in [0.717, 1.165) is 11.4 Å². The van der Waals surface area contributed by atoms with Crippen LogP contribution in [-0.2, 0) is 0 Å². The maximum Gasteiger partial charge on any atom is 0.165 e. The van der Waals surface area contributed by atoms with Gasteiger partial charge in [-0.2, -0.15) is 0 Å². The van der Waals surface area contributed by atoms with Crippen molar-refractivity contribution >= 4 is 5.69 Å². The topological polar surface area (TPSA) is 69.6 Å². The third-order valence-corrected chi connectivity index (χ3v) is 3.31. The molecular weight excluding hydrogens is 214 g/mol. The molecule has 2 heterocycles. The summed E-state index contributed by atoms with van der Waals surface area (Å²) in [5.74, 6) is 0.872. The lowest BCUT2D eigenvalue weighted by Gasteiger charge is -2.13. The minimum atomic E-state index is 0.529. The van der Waals surface area contributed by atoms with Gasteiger partial charge in [-0.25, -0.2) is 0 Å². The van der Waals surface area contributed by atoms with Crippen molar-refractivity contribution in [1.82, 2.24) is 19.7 Å². The predicted molar refractivity (Wildman–Crippen MR) is 65.2 cm³/mol. The number of anilines is 1. The first-order chi connectivity index (χ1) is 8.34. The van der Waals surface area contributed by atoms with E-state index in [1.54, 1.807) is 12.4 Å². The zero-order valence-corrected chi connectivity index (χ0v) is 9.58. The molecule has 2 N–H and O–H groups in total. The molecule has 17 heavy (non-hydrogen) atoms. The summed E-state index contributed by atoms with van der Waals surface area (Å²) in [4.78, 5) is 4.10. The van der Waals surface area contributed by atoms with Gasteiger partial charge in [0.15, 0.2) is 5.82 Å². The summed E-state index contributed by atoms with van der Waals surface area (Å²) in [6.07, 6.45) is 10.2. The fourth-order valence-electron chi connectivity index (χ4n) is 2.48. The second kappa shape index (κ2) is 4.16. The average molecular weight is 229 g/mol. The van der Waals surface area contributed by atoms with Gasteiger partial charge in [-0.3, -0.25) is 4.98 Å². The Morgan fingerprint density at radius 3 is 2.82 bits per heavy atom. The zero-order chi connectivity index (χ0) is 11.7. The highest BCUT2D eigenvalue weighted by Gasteiger charge is 2.20. The molecule has 0 amide bonds. The van der Waals surface area contributed by atoms with E-state index in [1.165, 1.54) is 25.7 Å². The second-order valence-electron chi connectivity index (χ2n) is 4.51. The number of hydrogen-bond donors (Lipinski definition) is 1. The summed E-state index contributed by atoms with van der Waals surface area (Å²) in [5, 5.41) is 8.21. The first-order valence-corrected chi connectivity index (χ1v) is 5.95. The molecule has 0 atom stereocenters.